The molecule has 0 spiro atoms. The minimum absolute atomic E-state index is 0.109. The Balaban J connectivity index is 1.58. The van der Waals surface area contributed by atoms with Crippen LogP contribution < -0.4 is 11.1 Å². The van der Waals surface area contributed by atoms with Gasteiger partial charge in [0.05, 0.1) is 18.3 Å². The number of nitrogens with zero attached hydrogens (tertiary/aromatic N) is 3. The smallest absolute Gasteiger partial charge is 0.261 e. The molecule has 0 aliphatic carbocycles. The molecule has 0 saturated carbocycles. The number of amides is 1. The summed E-state index contributed by atoms with van der Waals surface area (Å²) in [6.45, 7) is 8.26. The Morgan fingerprint density at radius 2 is 1.91 bits per heavy atom. The monoisotopic (exact) mass is 451 g/mol. The molecule has 1 aromatic heterocycles. The first-order valence-electron chi connectivity index (χ1n) is 10.8. The number of nitrogens with one attached hydrogen (secondary N) is 1. The number of halogens is 1. The van der Waals surface area contributed by atoms with E-state index in [1.54, 1.807) is 12.1 Å². The molecule has 1 atom stereocenters. The number of hydrogen-bond donors (Lipinski definition) is 2. The largest absolute Gasteiger partial charge is 0.384 e. The highest BCUT2D eigenvalue weighted by Crippen LogP contribution is 2.21. The van der Waals surface area contributed by atoms with Crippen LogP contribution in [0.15, 0.2) is 59.8 Å². The van der Waals surface area contributed by atoms with Crippen molar-refractivity contribution in [1.82, 2.24) is 15.1 Å². The van der Waals surface area contributed by atoms with Crippen molar-refractivity contribution in [2.24, 2.45) is 16.8 Å². The summed E-state index contributed by atoms with van der Waals surface area (Å²) in [6.07, 6.45) is 0. The summed E-state index contributed by atoms with van der Waals surface area (Å²) < 4.78 is 15.1. The number of benzene rings is 2. The van der Waals surface area contributed by atoms with Crippen molar-refractivity contribution in [1.29, 1.82) is 0 Å². The highest BCUT2D eigenvalue weighted by molar-refractivity contribution is 5.97. The third-order valence-electron chi connectivity index (χ3n) is 5.23. The second-order valence-electron chi connectivity index (χ2n) is 8.38. The fourth-order valence-electron chi connectivity index (χ4n) is 3.57. The lowest BCUT2D eigenvalue weighted by atomic mass is 9.96. The third-order valence-corrected chi connectivity index (χ3v) is 5.23. The van der Waals surface area contributed by atoms with Gasteiger partial charge in [0.25, 0.3) is 5.91 Å². The first kappa shape index (κ1) is 24.0. The van der Waals surface area contributed by atoms with E-state index in [0.717, 1.165) is 22.5 Å². The maximum Gasteiger partial charge on any atom is 0.261 e. The summed E-state index contributed by atoms with van der Waals surface area (Å²) in [7, 11) is 0. The maximum atomic E-state index is 13.2. The van der Waals surface area contributed by atoms with Gasteiger partial charge in [0, 0.05) is 11.3 Å². The van der Waals surface area contributed by atoms with Gasteiger partial charge < -0.3 is 15.9 Å². The van der Waals surface area contributed by atoms with E-state index in [2.05, 4.69) is 15.6 Å². The average molecular weight is 452 g/mol. The van der Waals surface area contributed by atoms with Crippen molar-refractivity contribution in [2.75, 3.05) is 6.61 Å². The molecule has 0 bridgehead atoms. The van der Waals surface area contributed by atoms with Crippen LogP contribution in [0.25, 0.3) is 0 Å². The number of carbonyl (C=O) groups is 1. The van der Waals surface area contributed by atoms with Crippen LogP contribution in [0.2, 0.25) is 0 Å². The van der Waals surface area contributed by atoms with Crippen molar-refractivity contribution >= 4 is 11.7 Å². The first-order valence-corrected chi connectivity index (χ1v) is 10.8. The summed E-state index contributed by atoms with van der Waals surface area (Å²) in [4.78, 5) is 17.6. The number of carbonyl (C=O) groups excluding carboxylic acids is 1. The van der Waals surface area contributed by atoms with Crippen LogP contribution in [-0.2, 0) is 16.2 Å². The quantitative estimate of drug-likeness (QED) is 0.294. The van der Waals surface area contributed by atoms with Gasteiger partial charge in [0.15, 0.2) is 12.4 Å². The van der Waals surface area contributed by atoms with Gasteiger partial charge in [-0.15, -0.1) is 0 Å². The number of nitrogens with two attached hydrogens (primary N) is 1. The highest BCUT2D eigenvalue weighted by atomic mass is 19.1. The second kappa shape index (κ2) is 10.8. The summed E-state index contributed by atoms with van der Waals surface area (Å²) in [5, 5.41) is 11.3. The zero-order valence-electron chi connectivity index (χ0n) is 19.4. The lowest BCUT2D eigenvalue weighted by Crippen LogP contribution is -2.34. The fraction of sp³-hybridized carbons (Fsp3) is 0.320. The molecule has 1 unspecified atom stereocenters. The van der Waals surface area contributed by atoms with Crippen molar-refractivity contribution in [2.45, 2.75) is 40.3 Å². The van der Waals surface area contributed by atoms with E-state index in [9.17, 15) is 9.18 Å². The molecule has 0 saturated heterocycles. The molecule has 0 aliphatic heterocycles. The molecule has 174 valence electrons. The van der Waals surface area contributed by atoms with Crippen LogP contribution >= 0.6 is 0 Å². The summed E-state index contributed by atoms with van der Waals surface area (Å²) >= 11 is 0. The Labute approximate surface area is 193 Å². The van der Waals surface area contributed by atoms with Crippen molar-refractivity contribution in [3.63, 3.8) is 0 Å². The first-order chi connectivity index (χ1) is 15.7. The van der Waals surface area contributed by atoms with Crippen molar-refractivity contribution in [3.8, 4) is 0 Å². The van der Waals surface area contributed by atoms with Crippen LogP contribution in [0.3, 0.4) is 0 Å². The minimum Gasteiger partial charge on any atom is -0.384 e. The van der Waals surface area contributed by atoms with Crippen LogP contribution in [-0.4, -0.2) is 28.1 Å². The summed E-state index contributed by atoms with van der Waals surface area (Å²) in [5.74, 6) is -0.373. The number of rotatable bonds is 9. The molecule has 7 nitrogen and oxygen atoms in total. The van der Waals surface area contributed by atoms with Gasteiger partial charge in [0.2, 0.25) is 0 Å². The molecule has 3 N–H and O–H groups in total. The van der Waals surface area contributed by atoms with Gasteiger partial charge >= 0.3 is 0 Å². The number of hydrogen-bond acceptors (Lipinski definition) is 4. The van der Waals surface area contributed by atoms with Gasteiger partial charge in [-0.1, -0.05) is 49.3 Å². The fourth-order valence-corrected chi connectivity index (χ4v) is 3.57. The Hall–Kier alpha value is -3.68. The Morgan fingerprint density at radius 3 is 2.55 bits per heavy atom. The molecular weight excluding hydrogens is 421 g/mol. The molecule has 8 heteroatoms. The van der Waals surface area contributed by atoms with E-state index in [1.807, 2.05) is 62.7 Å². The maximum absolute atomic E-state index is 13.2. The topological polar surface area (TPSA) is 94.5 Å². The molecule has 3 aromatic rings. The standard InChI is InChI=1S/C25H30FN5O2/c1-16(2)24(20-8-10-22(26)11-9-20)28-23(32)15-33-30-25(27)21-7-5-6-19(13-21)14-31-18(4)12-17(3)29-31/h5-13,16,24H,14-15H2,1-4H3,(H2,27,30)(H,28,32). The van der Waals surface area contributed by atoms with Crippen LogP contribution in [0.1, 0.15) is 48.0 Å². The van der Waals surface area contributed by atoms with E-state index < -0.39 is 0 Å². The molecule has 3 rings (SSSR count). The Bertz CT molecular complexity index is 1120. The number of oxime groups is 1. The highest BCUT2D eigenvalue weighted by Gasteiger charge is 2.18. The normalized spacial score (nSPS) is 12.6. The van der Waals surface area contributed by atoms with Crippen LogP contribution in [0.5, 0.6) is 0 Å². The van der Waals surface area contributed by atoms with Gasteiger partial charge in [-0.25, -0.2) is 4.39 Å². The summed E-state index contributed by atoms with van der Waals surface area (Å²) in [6, 6.07) is 15.5. The molecule has 2 aromatic carbocycles. The zero-order chi connectivity index (χ0) is 24.0. The number of aromatic nitrogens is 2. The average Bonchev–Trinajstić information content (AvgIpc) is 3.09. The third kappa shape index (κ3) is 6.65. The Morgan fingerprint density at radius 1 is 1.18 bits per heavy atom. The summed E-state index contributed by atoms with van der Waals surface area (Å²) in [5.41, 5.74) is 10.7. The van der Waals surface area contributed by atoms with E-state index in [4.69, 9.17) is 10.6 Å². The number of amidine groups is 1. The molecule has 0 radical (unpaired) electrons. The van der Waals surface area contributed by atoms with Gasteiger partial charge in [-0.05, 0) is 55.2 Å². The Kier molecular flexibility index (Phi) is 7.82. The second-order valence-corrected chi connectivity index (χ2v) is 8.38. The molecular formula is C25H30FN5O2. The van der Waals surface area contributed by atoms with Gasteiger partial charge in [-0.2, -0.15) is 5.10 Å². The molecule has 0 aliphatic rings. The van der Waals surface area contributed by atoms with Gasteiger partial charge in [-0.3, -0.25) is 9.48 Å². The SMILES string of the molecule is Cc1cc(C)n(Cc2cccc(/C(N)=N\OCC(=O)NC(c3ccc(F)cc3)C(C)C)c2)n1. The van der Waals surface area contributed by atoms with E-state index in [1.165, 1.54) is 12.1 Å². The van der Waals surface area contributed by atoms with Crippen molar-refractivity contribution < 1.29 is 14.0 Å². The molecule has 0 fully saturated rings. The lowest BCUT2D eigenvalue weighted by Gasteiger charge is -2.22. The van der Waals surface area contributed by atoms with Gasteiger partial charge in [0.1, 0.15) is 5.82 Å². The van der Waals surface area contributed by atoms with E-state index >= 15 is 0 Å². The minimum atomic E-state index is -0.340. The molecule has 1 amide bonds. The molecule has 1 heterocycles. The molecule has 33 heavy (non-hydrogen) atoms. The van der Waals surface area contributed by atoms with E-state index in [0.29, 0.717) is 12.1 Å². The zero-order valence-corrected chi connectivity index (χ0v) is 19.4. The van der Waals surface area contributed by atoms with E-state index in [-0.39, 0.29) is 36.1 Å². The lowest BCUT2D eigenvalue weighted by molar-refractivity contribution is -0.126. The predicted molar refractivity (Wildman–Crippen MR) is 126 cm³/mol. The van der Waals surface area contributed by atoms with Crippen molar-refractivity contribution in [3.05, 3.63) is 88.5 Å². The predicted octanol–water partition coefficient (Wildman–Crippen LogP) is 3.84. The van der Waals surface area contributed by atoms with Crippen LogP contribution in [0, 0.1) is 25.6 Å². The van der Waals surface area contributed by atoms with Crippen LogP contribution in [0.4, 0.5) is 4.39 Å². The number of aryl methyl sites for hydroxylation is 2.